The summed E-state index contributed by atoms with van der Waals surface area (Å²) >= 11 is 0. The van der Waals surface area contributed by atoms with Gasteiger partial charge in [0.25, 0.3) is 0 Å². The zero-order chi connectivity index (χ0) is 20.2. The molecule has 0 saturated carbocycles. The van der Waals surface area contributed by atoms with Gasteiger partial charge in [-0.1, -0.05) is 6.07 Å². The zero-order valence-corrected chi connectivity index (χ0v) is 17.2. The summed E-state index contributed by atoms with van der Waals surface area (Å²) in [6.45, 7) is 6.81. The number of fused-ring (bicyclic) bond motifs is 1. The maximum absolute atomic E-state index is 12.8. The van der Waals surface area contributed by atoms with Gasteiger partial charge in [0.15, 0.2) is 0 Å². The number of hydrogen-bond acceptors (Lipinski definition) is 5. The van der Waals surface area contributed by atoms with Crippen molar-refractivity contribution in [3.8, 4) is 0 Å². The fraction of sp³-hybridized carbons (Fsp3) is 0.545. The first-order valence-electron chi connectivity index (χ1n) is 10.5. The monoisotopic (exact) mass is 395 g/mol. The molecular formula is C22H29N5O2. The Kier molecular flexibility index (Phi) is 6.04. The molecule has 7 nitrogen and oxygen atoms in total. The summed E-state index contributed by atoms with van der Waals surface area (Å²) in [6.07, 6.45) is 7.59. The Morgan fingerprint density at radius 1 is 1.28 bits per heavy atom. The van der Waals surface area contributed by atoms with Crippen LogP contribution in [0.3, 0.4) is 0 Å². The van der Waals surface area contributed by atoms with Crippen molar-refractivity contribution < 1.29 is 9.53 Å². The molecule has 1 fully saturated rings. The van der Waals surface area contributed by atoms with Crippen molar-refractivity contribution in [2.75, 3.05) is 19.8 Å². The lowest BCUT2D eigenvalue weighted by Gasteiger charge is -2.30. The lowest BCUT2D eigenvalue weighted by atomic mass is 9.96. The molecule has 1 atom stereocenters. The molecule has 1 saturated heterocycles. The maximum atomic E-state index is 12.8. The van der Waals surface area contributed by atoms with E-state index in [2.05, 4.69) is 15.3 Å². The van der Waals surface area contributed by atoms with Crippen LogP contribution in [0.25, 0.3) is 0 Å². The van der Waals surface area contributed by atoms with Crippen LogP contribution < -0.4 is 5.32 Å². The van der Waals surface area contributed by atoms with E-state index in [-0.39, 0.29) is 12.1 Å². The van der Waals surface area contributed by atoms with Crippen molar-refractivity contribution in [3.05, 3.63) is 52.9 Å². The molecule has 2 aliphatic heterocycles. The number of pyridine rings is 1. The number of aryl methyl sites for hydroxylation is 1. The van der Waals surface area contributed by atoms with Gasteiger partial charge < -0.3 is 15.0 Å². The molecule has 0 unspecified atom stereocenters. The van der Waals surface area contributed by atoms with Gasteiger partial charge in [0.05, 0.1) is 18.3 Å². The van der Waals surface area contributed by atoms with Gasteiger partial charge in [0.1, 0.15) is 5.82 Å². The first kappa shape index (κ1) is 19.8. The summed E-state index contributed by atoms with van der Waals surface area (Å²) in [7, 11) is 0. The Hall–Kier alpha value is -2.54. The van der Waals surface area contributed by atoms with Crippen molar-refractivity contribution in [1.82, 2.24) is 25.2 Å². The van der Waals surface area contributed by atoms with Crippen LogP contribution in [0.1, 0.15) is 54.1 Å². The first-order valence-corrected chi connectivity index (χ1v) is 10.5. The van der Waals surface area contributed by atoms with Crippen LogP contribution in [0.4, 0.5) is 4.79 Å². The Balaban J connectivity index is 1.38. The van der Waals surface area contributed by atoms with Crippen LogP contribution in [0.15, 0.2) is 24.5 Å². The normalized spacial score (nSPS) is 18.2. The van der Waals surface area contributed by atoms with Gasteiger partial charge in [-0.05, 0) is 56.2 Å². The molecule has 29 heavy (non-hydrogen) atoms. The number of hydrogen-bond donors (Lipinski definition) is 1. The SMILES string of the molecule is Cc1ccc([C@@H](C)NC(=O)N2CCc3cnc(CC4CCOCC4)nc3C2)cn1. The fourth-order valence-corrected chi connectivity index (χ4v) is 3.92. The molecule has 2 aromatic rings. The minimum absolute atomic E-state index is 0.0617. The average molecular weight is 396 g/mol. The van der Waals surface area contributed by atoms with Gasteiger partial charge in [-0.15, -0.1) is 0 Å². The number of aromatic nitrogens is 3. The Morgan fingerprint density at radius 3 is 2.86 bits per heavy atom. The van der Waals surface area contributed by atoms with E-state index in [0.717, 1.165) is 67.2 Å². The second kappa shape index (κ2) is 8.86. The lowest BCUT2D eigenvalue weighted by molar-refractivity contribution is 0.0659. The topological polar surface area (TPSA) is 80.2 Å². The highest BCUT2D eigenvalue weighted by Crippen LogP contribution is 2.21. The third-order valence-corrected chi connectivity index (χ3v) is 5.87. The highest BCUT2D eigenvalue weighted by Gasteiger charge is 2.24. The number of nitrogens with zero attached hydrogens (tertiary/aromatic N) is 4. The highest BCUT2D eigenvalue weighted by molar-refractivity contribution is 5.75. The van der Waals surface area contributed by atoms with Crippen LogP contribution in [-0.2, 0) is 24.1 Å². The lowest BCUT2D eigenvalue weighted by Crippen LogP contribution is -2.44. The third kappa shape index (κ3) is 4.90. The van der Waals surface area contributed by atoms with E-state index >= 15 is 0 Å². The van der Waals surface area contributed by atoms with E-state index in [0.29, 0.717) is 19.0 Å². The van der Waals surface area contributed by atoms with Crippen molar-refractivity contribution >= 4 is 6.03 Å². The van der Waals surface area contributed by atoms with Gasteiger partial charge in [-0.3, -0.25) is 4.98 Å². The second-order valence-corrected chi connectivity index (χ2v) is 8.09. The van der Waals surface area contributed by atoms with E-state index in [4.69, 9.17) is 9.72 Å². The van der Waals surface area contributed by atoms with Crippen LogP contribution >= 0.6 is 0 Å². The summed E-state index contributed by atoms with van der Waals surface area (Å²) in [6, 6.07) is 3.82. The number of amides is 2. The molecule has 1 N–H and O–H groups in total. The van der Waals surface area contributed by atoms with Gasteiger partial charge in [-0.25, -0.2) is 14.8 Å². The zero-order valence-electron chi connectivity index (χ0n) is 17.2. The molecule has 4 rings (SSSR count). The predicted molar refractivity (Wildman–Crippen MR) is 109 cm³/mol. The molecule has 2 aliphatic rings. The molecule has 2 amide bonds. The molecular weight excluding hydrogens is 366 g/mol. The van der Waals surface area contributed by atoms with E-state index in [1.807, 2.05) is 43.3 Å². The molecule has 2 aromatic heterocycles. The van der Waals surface area contributed by atoms with Gasteiger partial charge in [-0.2, -0.15) is 0 Å². The molecule has 0 aliphatic carbocycles. The number of nitrogens with one attached hydrogen (secondary N) is 1. The molecule has 154 valence electrons. The van der Waals surface area contributed by atoms with Crippen molar-refractivity contribution in [1.29, 1.82) is 0 Å². The summed E-state index contributed by atoms with van der Waals surface area (Å²) in [5.74, 6) is 1.48. The van der Waals surface area contributed by atoms with Crippen molar-refractivity contribution in [2.24, 2.45) is 5.92 Å². The Morgan fingerprint density at radius 2 is 2.10 bits per heavy atom. The number of carbonyl (C=O) groups excluding carboxylic acids is 1. The molecule has 4 heterocycles. The Labute approximate surface area is 171 Å². The third-order valence-electron chi connectivity index (χ3n) is 5.87. The quantitative estimate of drug-likeness (QED) is 0.861. The molecule has 7 heteroatoms. The molecule has 0 bridgehead atoms. The van der Waals surface area contributed by atoms with Crippen molar-refractivity contribution in [3.63, 3.8) is 0 Å². The van der Waals surface area contributed by atoms with E-state index in [9.17, 15) is 4.79 Å². The molecule has 0 spiro atoms. The van der Waals surface area contributed by atoms with Crippen LogP contribution in [0, 0.1) is 12.8 Å². The van der Waals surface area contributed by atoms with E-state index < -0.39 is 0 Å². The number of rotatable bonds is 4. The summed E-state index contributed by atoms with van der Waals surface area (Å²) < 4.78 is 5.44. The number of urea groups is 1. The van der Waals surface area contributed by atoms with E-state index in [1.54, 1.807) is 0 Å². The van der Waals surface area contributed by atoms with Crippen LogP contribution in [0.5, 0.6) is 0 Å². The molecule has 0 aromatic carbocycles. The van der Waals surface area contributed by atoms with Crippen molar-refractivity contribution in [2.45, 2.75) is 52.1 Å². The minimum Gasteiger partial charge on any atom is -0.381 e. The largest absolute Gasteiger partial charge is 0.381 e. The van der Waals surface area contributed by atoms with Gasteiger partial charge in [0.2, 0.25) is 0 Å². The van der Waals surface area contributed by atoms with E-state index in [1.165, 1.54) is 0 Å². The summed E-state index contributed by atoms with van der Waals surface area (Å²) in [5.41, 5.74) is 4.10. The van der Waals surface area contributed by atoms with Gasteiger partial charge >= 0.3 is 6.03 Å². The fourth-order valence-electron chi connectivity index (χ4n) is 3.92. The number of ether oxygens (including phenoxy) is 1. The summed E-state index contributed by atoms with van der Waals surface area (Å²) in [4.78, 5) is 28.3. The average Bonchev–Trinajstić information content (AvgIpc) is 2.74. The highest BCUT2D eigenvalue weighted by atomic mass is 16.5. The molecule has 0 radical (unpaired) electrons. The minimum atomic E-state index is -0.0912. The Bertz CT molecular complexity index is 849. The maximum Gasteiger partial charge on any atom is 0.318 e. The smallest absolute Gasteiger partial charge is 0.318 e. The van der Waals surface area contributed by atoms with Gasteiger partial charge in [0, 0.05) is 44.3 Å². The standard InChI is InChI=1S/C22H29N5O2/c1-15-3-4-18(12-23-15)16(2)25-22(28)27-8-5-19-13-24-21(26-20(19)14-27)11-17-6-9-29-10-7-17/h3-4,12-13,16-17H,5-11,14H2,1-2H3,(H,25,28)/t16-/m1/s1. The second-order valence-electron chi connectivity index (χ2n) is 8.09. The number of carbonyl (C=O) groups is 1. The van der Waals surface area contributed by atoms with Crippen LogP contribution in [-0.4, -0.2) is 45.6 Å². The summed E-state index contributed by atoms with van der Waals surface area (Å²) in [5, 5.41) is 3.09. The van der Waals surface area contributed by atoms with Crippen LogP contribution in [0.2, 0.25) is 0 Å². The first-order chi connectivity index (χ1) is 14.1. The predicted octanol–water partition coefficient (Wildman–Crippen LogP) is 2.98.